The molecule has 2 saturated carbocycles. The van der Waals surface area contributed by atoms with Crippen molar-refractivity contribution in [3.63, 3.8) is 0 Å². The van der Waals surface area contributed by atoms with E-state index in [2.05, 4.69) is 15.4 Å². The van der Waals surface area contributed by atoms with Crippen LogP contribution in [0.4, 0.5) is 0 Å². The Morgan fingerprint density at radius 2 is 2.29 bits per heavy atom. The molecule has 0 unspecified atom stereocenters. The van der Waals surface area contributed by atoms with Crippen molar-refractivity contribution >= 4 is 5.91 Å². The molecule has 2 fully saturated rings. The molecule has 0 bridgehead atoms. The van der Waals surface area contributed by atoms with E-state index >= 15 is 0 Å². The van der Waals surface area contributed by atoms with Gasteiger partial charge in [-0.3, -0.25) is 9.48 Å². The van der Waals surface area contributed by atoms with E-state index in [0.29, 0.717) is 6.54 Å². The van der Waals surface area contributed by atoms with Crippen LogP contribution in [-0.4, -0.2) is 36.4 Å². The van der Waals surface area contributed by atoms with E-state index < -0.39 is 0 Å². The highest BCUT2D eigenvalue weighted by molar-refractivity contribution is 5.85. The van der Waals surface area contributed by atoms with Crippen molar-refractivity contribution < 1.29 is 9.90 Å². The summed E-state index contributed by atoms with van der Waals surface area (Å²) in [6.07, 6.45) is 12.2. The van der Waals surface area contributed by atoms with Gasteiger partial charge in [0.15, 0.2) is 0 Å². The van der Waals surface area contributed by atoms with Crippen molar-refractivity contribution in [3.8, 4) is 0 Å². The van der Waals surface area contributed by atoms with Crippen molar-refractivity contribution in [2.75, 3.05) is 0 Å². The number of hydrogen-bond donors (Lipinski definition) is 2. The van der Waals surface area contributed by atoms with Crippen LogP contribution < -0.4 is 5.32 Å². The molecule has 0 aromatic carbocycles. The van der Waals surface area contributed by atoms with Crippen molar-refractivity contribution in [1.29, 1.82) is 0 Å². The first-order chi connectivity index (χ1) is 11.6. The molecule has 2 aromatic heterocycles. The molecule has 2 aliphatic rings. The van der Waals surface area contributed by atoms with Gasteiger partial charge in [-0.05, 0) is 31.6 Å². The molecule has 2 aliphatic carbocycles. The standard InChI is InChI=1S/C17H23N5O2/c1-21-9-13(8-19-21)15(12-6-14(23)7-12)20-16(24)17(2-3-17)10-22-5-4-18-11-22/h4-5,8-9,11-12,14-15,23H,2-3,6-7,10H2,1H3,(H,20,24)/t12?,14?,15-/m1/s1. The Morgan fingerprint density at radius 3 is 2.83 bits per heavy atom. The third-order valence-electron chi connectivity index (χ3n) is 5.37. The van der Waals surface area contributed by atoms with Crippen LogP contribution in [0.25, 0.3) is 0 Å². The first kappa shape index (κ1) is 15.4. The quantitative estimate of drug-likeness (QED) is 0.829. The number of aromatic nitrogens is 4. The maximum atomic E-state index is 12.9. The number of rotatable bonds is 6. The van der Waals surface area contributed by atoms with Gasteiger partial charge in [0.2, 0.25) is 5.91 Å². The third kappa shape index (κ3) is 2.84. The minimum atomic E-state index is -0.316. The Bertz CT molecular complexity index is 713. The number of aliphatic hydroxyl groups excluding tert-OH is 1. The number of aryl methyl sites for hydroxylation is 1. The smallest absolute Gasteiger partial charge is 0.228 e. The van der Waals surface area contributed by atoms with Crippen LogP contribution in [0.2, 0.25) is 0 Å². The molecule has 2 heterocycles. The van der Waals surface area contributed by atoms with Gasteiger partial charge < -0.3 is 15.0 Å². The van der Waals surface area contributed by atoms with E-state index in [0.717, 1.165) is 31.2 Å². The van der Waals surface area contributed by atoms with Crippen LogP contribution >= 0.6 is 0 Å². The van der Waals surface area contributed by atoms with Crippen LogP contribution in [0.5, 0.6) is 0 Å². The summed E-state index contributed by atoms with van der Waals surface area (Å²) in [5.41, 5.74) is 0.699. The highest BCUT2D eigenvalue weighted by Gasteiger charge is 2.51. The number of nitrogens with one attached hydrogen (secondary N) is 1. The Kier molecular flexibility index (Phi) is 3.68. The minimum absolute atomic E-state index is 0.0742. The van der Waals surface area contributed by atoms with Crippen molar-refractivity contribution in [1.82, 2.24) is 24.6 Å². The van der Waals surface area contributed by atoms with Crippen LogP contribution in [0, 0.1) is 11.3 Å². The summed E-state index contributed by atoms with van der Waals surface area (Å²) in [5, 5.41) is 17.1. The summed E-state index contributed by atoms with van der Waals surface area (Å²) in [6, 6.07) is -0.0742. The largest absolute Gasteiger partial charge is 0.393 e. The summed E-state index contributed by atoms with van der Waals surface area (Å²) < 4.78 is 3.72. The lowest BCUT2D eigenvalue weighted by Gasteiger charge is -2.38. The summed E-state index contributed by atoms with van der Waals surface area (Å²) in [4.78, 5) is 17.0. The minimum Gasteiger partial charge on any atom is -0.393 e. The molecule has 1 atom stereocenters. The molecular weight excluding hydrogens is 306 g/mol. The Labute approximate surface area is 140 Å². The van der Waals surface area contributed by atoms with Gasteiger partial charge in [-0.1, -0.05) is 0 Å². The molecule has 4 rings (SSSR count). The molecule has 0 spiro atoms. The molecule has 0 aliphatic heterocycles. The molecule has 128 valence electrons. The lowest BCUT2D eigenvalue weighted by Crippen LogP contribution is -2.44. The number of imidazole rings is 1. The summed E-state index contributed by atoms with van der Waals surface area (Å²) in [5.74, 6) is 0.378. The van der Waals surface area contributed by atoms with Gasteiger partial charge >= 0.3 is 0 Å². The van der Waals surface area contributed by atoms with Crippen molar-refractivity contribution in [2.45, 2.75) is 44.4 Å². The zero-order chi connectivity index (χ0) is 16.7. The summed E-state index contributed by atoms with van der Waals surface area (Å²) in [6.45, 7) is 0.673. The second kappa shape index (κ2) is 5.73. The van der Waals surface area contributed by atoms with E-state index in [9.17, 15) is 9.90 Å². The van der Waals surface area contributed by atoms with E-state index in [1.807, 2.05) is 30.2 Å². The second-order valence-electron chi connectivity index (χ2n) is 7.30. The first-order valence-electron chi connectivity index (χ1n) is 8.49. The topological polar surface area (TPSA) is 85.0 Å². The van der Waals surface area contributed by atoms with Gasteiger partial charge in [-0.2, -0.15) is 5.10 Å². The fraction of sp³-hybridized carbons (Fsp3) is 0.588. The predicted molar refractivity (Wildman–Crippen MR) is 86.7 cm³/mol. The van der Waals surface area contributed by atoms with Crippen LogP contribution in [0.1, 0.15) is 37.3 Å². The number of carbonyl (C=O) groups is 1. The van der Waals surface area contributed by atoms with Gasteiger partial charge in [-0.25, -0.2) is 4.98 Å². The molecule has 0 radical (unpaired) electrons. The van der Waals surface area contributed by atoms with E-state index in [1.165, 1.54) is 0 Å². The molecule has 24 heavy (non-hydrogen) atoms. The first-order valence-corrected chi connectivity index (χ1v) is 8.49. The average molecular weight is 329 g/mol. The molecule has 2 aromatic rings. The van der Waals surface area contributed by atoms with Crippen LogP contribution in [0.3, 0.4) is 0 Å². The van der Waals surface area contributed by atoms with E-state index in [1.54, 1.807) is 17.2 Å². The molecule has 7 nitrogen and oxygen atoms in total. The van der Waals surface area contributed by atoms with Crippen molar-refractivity contribution in [2.24, 2.45) is 18.4 Å². The fourth-order valence-electron chi connectivity index (χ4n) is 3.61. The number of amides is 1. The van der Waals surface area contributed by atoms with E-state index in [-0.39, 0.29) is 29.4 Å². The monoisotopic (exact) mass is 329 g/mol. The number of carbonyl (C=O) groups excluding carboxylic acids is 1. The van der Waals surface area contributed by atoms with Crippen LogP contribution in [-0.2, 0) is 18.4 Å². The molecule has 0 saturated heterocycles. The lowest BCUT2D eigenvalue weighted by atomic mass is 9.75. The third-order valence-corrected chi connectivity index (χ3v) is 5.37. The maximum Gasteiger partial charge on any atom is 0.228 e. The summed E-state index contributed by atoms with van der Waals surface area (Å²) >= 11 is 0. The fourth-order valence-corrected chi connectivity index (χ4v) is 3.61. The maximum absolute atomic E-state index is 12.9. The average Bonchev–Trinajstić information content (AvgIpc) is 2.92. The predicted octanol–water partition coefficient (Wildman–Crippen LogP) is 1.03. The van der Waals surface area contributed by atoms with Gasteiger partial charge in [0, 0.05) is 37.7 Å². The van der Waals surface area contributed by atoms with Crippen LogP contribution in [0.15, 0.2) is 31.1 Å². The molecule has 2 N–H and O–H groups in total. The second-order valence-corrected chi connectivity index (χ2v) is 7.30. The SMILES string of the molecule is Cn1cc([C@H](NC(=O)C2(Cn3ccnc3)CC2)C2CC(O)C2)cn1. The highest BCUT2D eigenvalue weighted by atomic mass is 16.3. The Hall–Kier alpha value is -2.15. The number of aliphatic hydroxyl groups is 1. The molecule has 7 heteroatoms. The zero-order valence-electron chi connectivity index (χ0n) is 13.8. The van der Waals surface area contributed by atoms with Crippen molar-refractivity contribution in [3.05, 3.63) is 36.7 Å². The number of nitrogens with zero attached hydrogens (tertiary/aromatic N) is 4. The molecular formula is C17H23N5O2. The number of hydrogen-bond acceptors (Lipinski definition) is 4. The molecule has 1 amide bonds. The van der Waals surface area contributed by atoms with E-state index in [4.69, 9.17) is 0 Å². The lowest BCUT2D eigenvalue weighted by molar-refractivity contribution is -0.128. The Balaban J connectivity index is 1.49. The summed E-state index contributed by atoms with van der Waals surface area (Å²) in [7, 11) is 1.87. The van der Waals surface area contributed by atoms with Gasteiger partial charge in [0.1, 0.15) is 0 Å². The zero-order valence-corrected chi connectivity index (χ0v) is 13.8. The van der Waals surface area contributed by atoms with Gasteiger partial charge in [0.05, 0.1) is 30.1 Å². The van der Waals surface area contributed by atoms with Gasteiger partial charge in [0.25, 0.3) is 0 Å². The normalized spacial score (nSPS) is 25.8. The highest BCUT2D eigenvalue weighted by Crippen LogP contribution is 2.48. The Morgan fingerprint density at radius 1 is 1.50 bits per heavy atom. The van der Waals surface area contributed by atoms with Gasteiger partial charge in [-0.15, -0.1) is 0 Å².